The van der Waals surface area contributed by atoms with E-state index in [0.717, 1.165) is 25.3 Å². The van der Waals surface area contributed by atoms with E-state index in [0.29, 0.717) is 0 Å². The number of hydrogen-bond acceptors (Lipinski definition) is 4. The highest BCUT2D eigenvalue weighted by Crippen LogP contribution is 2.32. The minimum atomic E-state index is 0.155. The molecule has 0 aliphatic carbocycles. The summed E-state index contributed by atoms with van der Waals surface area (Å²) in [6, 6.07) is 7.66. The predicted molar refractivity (Wildman–Crippen MR) is 72.2 cm³/mol. The van der Waals surface area contributed by atoms with Crippen molar-refractivity contribution in [2.75, 3.05) is 0 Å². The summed E-state index contributed by atoms with van der Waals surface area (Å²) < 4.78 is 2.13. The average Bonchev–Trinajstić information content (AvgIpc) is 2.72. The Morgan fingerprint density at radius 1 is 1.18 bits per heavy atom. The Bertz CT molecular complexity index is 696. The van der Waals surface area contributed by atoms with Crippen molar-refractivity contribution in [1.82, 2.24) is 9.97 Å². The maximum atomic E-state index is 9.40. The molecule has 84 valence electrons. The van der Waals surface area contributed by atoms with Gasteiger partial charge in [-0.1, -0.05) is 15.9 Å². The van der Waals surface area contributed by atoms with E-state index in [9.17, 15) is 5.11 Å². The molecule has 0 saturated carbocycles. The fraction of sp³-hybridized carbons (Fsp3) is 0. The van der Waals surface area contributed by atoms with Gasteiger partial charge in [-0.05, 0) is 24.3 Å². The van der Waals surface area contributed by atoms with Gasteiger partial charge in [0.05, 0.1) is 16.4 Å². The smallest absolute Gasteiger partial charge is 0.134 e. The predicted octanol–water partition coefficient (Wildman–Crippen LogP) is 3.83. The Labute approximate surface area is 110 Å². The topological polar surface area (TPSA) is 46.0 Å². The normalized spacial score (nSPS) is 10.9. The zero-order valence-electron chi connectivity index (χ0n) is 8.59. The Kier molecular flexibility index (Phi) is 2.57. The molecule has 0 aliphatic heterocycles. The second-order valence-corrected chi connectivity index (χ2v) is 5.51. The minimum Gasteiger partial charge on any atom is -0.506 e. The van der Waals surface area contributed by atoms with E-state index in [2.05, 4.69) is 25.9 Å². The minimum absolute atomic E-state index is 0.155. The van der Waals surface area contributed by atoms with Crippen molar-refractivity contribution in [3.63, 3.8) is 0 Å². The lowest BCUT2D eigenvalue weighted by Gasteiger charge is -1.95. The Morgan fingerprint density at radius 2 is 2.06 bits per heavy atom. The summed E-state index contributed by atoms with van der Waals surface area (Å²) in [6.07, 6.45) is 3.11. The first-order valence-electron chi connectivity index (χ1n) is 4.93. The lowest BCUT2D eigenvalue weighted by molar-refractivity contribution is 0.473. The first-order chi connectivity index (χ1) is 8.22. The molecule has 0 unspecified atom stereocenters. The van der Waals surface area contributed by atoms with E-state index in [-0.39, 0.29) is 5.75 Å². The van der Waals surface area contributed by atoms with Crippen LogP contribution in [0.2, 0.25) is 0 Å². The summed E-state index contributed by atoms with van der Waals surface area (Å²) in [4.78, 5) is 8.48. The SMILES string of the molecule is Oc1cncc(-c2nc3cc(Br)ccc3s2)c1. The zero-order valence-corrected chi connectivity index (χ0v) is 11.0. The molecule has 0 saturated heterocycles. The van der Waals surface area contributed by atoms with Crippen LogP contribution < -0.4 is 0 Å². The number of hydrogen-bond donors (Lipinski definition) is 1. The number of benzene rings is 1. The van der Waals surface area contributed by atoms with Gasteiger partial charge in [-0.3, -0.25) is 4.98 Å². The van der Waals surface area contributed by atoms with E-state index >= 15 is 0 Å². The Balaban J connectivity index is 2.18. The quantitative estimate of drug-likeness (QED) is 0.743. The van der Waals surface area contributed by atoms with Crippen LogP contribution in [0.25, 0.3) is 20.8 Å². The van der Waals surface area contributed by atoms with Crippen molar-refractivity contribution in [3.05, 3.63) is 41.1 Å². The summed E-state index contributed by atoms with van der Waals surface area (Å²) in [7, 11) is 0. The van der Waals surface area contributed by atoms with Crippen LogP contribution in [0.3, 0.4) is 0 Å². The molecule has 0 amide bonds. The Hall–Kier alpha value is -1.46. The van der Waals surface area contributed by atoms with E-state index in [1.165, 1.54) is 6.20 Å². The summed E-state index contributed by atoms with van der Waals surface area (Å²) in [6.45, 7) is 0. The van der Waals surface area contributed by atoms with Crippen LogP contribution in [0.4, 0.5) is 0 Å². The van der Waals surface area contributed by atoms with E-state index < -0.39 is 0 Å². The molecule has 2 aromatic heterocycles. The molecule has 0 aliphatic rings. The molecule has 5 heteroatoms. The van der Waals surface area contributed by atoms with Gasteiger partial charge in [0, 0.05) is 16.2 Å². The molecule has 17 heavy (non-hydrogen) atoms. The molecule has 0 radical (unpaired) electrons. The first kappa shape index (κ1) is 10.7. The van der Waals surface area contributed by atoms with Gasteiger partial charge < -0.3 is 5.11 Å². The number of rotatable bonds is 1. The molecule has 3 rings (SSSR count). The van der Waals surface area contributed by atoms with Crippen LogP contribution in [0.5, 0.6) is 5.75 Å². The molecule has 1 N–H and O–H groups in total. The van der Waals surface area contributed by atoms with Gasteiger partial charge in [0.15, 0.2) is 0 Å². The third-order valence-corrected chi connectivity index (χ3v) is 3.90. The van der Waals surface area contributed by atoms with E-state index in [1.807, 2.05) is 18.2 Å². The van der Waals surface area contributed by atoms with Crippen molar-refractivity contribution in [3.8, 4) is 16.3 Å². The first-order valence-corrected chi connectivity index (χ1v) is 6.54. The lowest BCUT2D eigenvalue weighted by Crippen LogP contribution is -1.78. The zero-order chi connectivity index (χ0) is 11.8. The monoisotopic (exact) mass is 306 g/mol. The number of halogens is 1. The lowest BCUT2D eigenvalue weighted by atomic mass is 10.3. The van der Waals surface area contributed by atoms with Crippen molar-refractivity contribution < 1.29 is 5.11 Å². The van der Waals surface area contributed by atoms with Gasteiger partial charge >= 0.3 is 0 Å². The van der Waals surface area contributed by atoms with Crippen molar-refractivity contribution in [2.24, 2.45) is 0 Å². The van der Waals surface area contributed by atoms with E-state index in [4.69, 9.17) is 0 Å². The van der Waals surface area contributed by atoms with Crippen molar-refractivity contribution >= 4 is 37.5 Å². The molecule has 0 spiro atoms. The van der Waals surface area contributed by atoms with Crippen LogP contribution in [-0.2, 0) is 0 Å². The molecule has 2 heterocycles. The largest absolute Gasteiger partial charge is 0.506 e. The van der Waals surface area contributed by atoms with Crippen LogP contribution in [0.15, 0.2) is 41.1 Å². The van der Waals surface area contributed by atoms with E-state index in [1.54, 1.807) is 23.6 Å². The van der Waals surface area contributed by atoms with Gasteiger partial charge in [-0.25, -0.2) is 4.98 Å². The molecular weight excluding hydrogens is 300 g/mol. The van der Waals surface area contributed by atoms with Crippen LogP contribution in [-0.4, -0.2) is 15.1 Å². The van der Waals surface area contributed by atoms with Gasteiger partial charge in [0.1, 0.15) is 10.8 Å². The van der Waals surface area contributed by atoms with Crippen LogP contribution in [0.1, 0.15) is 0 Å². The molecule has 0 atom stereocenters. The second kappa shape index (κ2) is 4.09. The standard InChI is InChI=1S/C12H7BrN2OS/c13-8-1-2-11-10(4-8)15-12(17-11)7-3-9(16)6-14-5-7/h1-6,16H. The molecule has 0 fully saturated rings. The molecule has 1 aromatic carbocycles. The van der Waals surface area contributed by atoms with Gasteiger partial charge in [-0.15, -0.1) is 11.3 Å². The van der Waals surface area contributed by atoms with Crippen LogP contribution >= 0.6 is 27.3 Å². The number of pyridine rings is 1. The maximum absolute atomic E-state index is 9.40. The molecule has 3 nitrogen and oxygen atoms in total. The number of thiazole rings is 1. The third kappa shape index (κ3) is 2.03. The maximum Gasteiger partial charge on any atom is 0.134 e. The van der Waals surface area contributed by atoms with Gasteiger partial charge in [0.2, 0.25) is 0 Å². The van der Waals surface area contributed by atoms with Crippen molar-refractivity contribution in [1.29, 1.82) is 0 Å². The fourth-order valence-corrected chi connectivity index (χ4v) is 2.84. The molecular formula is C12H7BrN2OS. The molecule has 0 bridgehead atoms. The highest BCUT2D eigenvalue weighted by Gasteiger charge is 2.07. The number of fused-ring (bicyclic) bond motifs is 1. The highest BCUT2D eigenvalue weighted by molar-refractivity contribution is 9.10. The van der Waals surface area contributed by atoms with Gasteiger partial charge in [-0.2, -0.15) is 0 Å². The summed E-state index contributed by atoms with van der Waals surface area (Å²) in [5, 5.41) is 10.3. The van der Waals surface area contributed by atoms with Gasteiger partial charge in [0.25, 0.3) is 0 Å². The van der Waals surface area contributed by atoms with Crippen LogP contribution in [0, 0.1) is 0 Å². The number of aromatic nitrogens is 2. The second-order valence-electron chi connectivity index (χ2n) is 3.56. The third-order valence-electron chi connectivity index (χ3n) is 2.32. The summed E-state index contributed by atoms with van der Waals surface area (Å²) >= 11 is 5.01. The number of nitrogens with zero attached hydrogens (tertiary/aromatic N) is 2. The Morgan fingerprint density at radius 3 is 2.88 bits per heavy atom. The molecule has 3 aromatic rings. The van der Waals surface area contributed by atoms with Crippen molar-refractivity contribution in [2.45, 2.75) is 0 Å². The fourth-order valence-electron chi connectivity index (χ4n) is 1.57. The summed E-state index contributed by atoms with van der Waals surface area (Å²) in [5.41, 5.74) is 1.78. The highest BCUT2D eigenvalue weighted by atomic mass is 79.9. The average molecular weight is 307 g/mol. The number of aromatic hydroxyl groups is 1. The summed E-state index contributed by atoms with van der Waals surface area (Å²) in [5.74, 6) is 0.155.